The number of carbonyl (C=O) groups excluding carboxylic acids is 1. The smallest absolute Gasteiger partial charge is 0.254 e. The number of halogens is 2. The summed E-state index contributed by atoms with van der Waals surface area (Å²) in [6, 6.07) is 3.18. The molecule has 0 unspecified atom stereocenters. The Balaban J connectivity index is 2.50. The number of carbonyl (C=O) groups is 1. The Bertz CT molecular complexity index is 431. The second kappa shape index (κ2) is 3.59. The third kappa shape index (κ3) is 1.67. The summed E-state index contributed by atoms with van der Waals surface area (Å²) in [4.78, 5) is 13.5. The van der Waals surface area contributed by atoms with Gasteiger partial charge < -0.3 is 4.90 Å². The van der Waals surface area contributed by atoms with Crippen LogP contribution in [0.2, 0.25) is 0 Å². The molecule has 0 N–H and O–H groups in total. The lowest BCUT2D eigenvalue weighted by atomic mass is 10.1. The van der Waals surface area contributed by atoms with Crippen LogP contribution >= 0.6 is 15.9 Å². The second-order valence-corrected chi connectivity index (χ2v) is 4.86. The molecule has 0 saturated heterocycles. The molecule has 0 saturated carbocycles. The van der Waals surface area contributed by atoms with E-state index in [4.69, 9.17) is 0 Å². The van der Waals surface area contributed by atoms with E-state index in [9.17, 15) is 9.18 Å². The van der Waals surface area contributed by atoms with Crippen LogP contribution in [0.1, 0.15) is 29.8 Å². The molecule has 80 valence electrons. The maximum atomic E-state index is 13.6. The van der Waals surface area contributed by atoms with E-state index < -0.39 is 0 Å². The van der Waals surface area contributed by atoms with E-state index in [0.29, 0.717) is 22.1 Å². The molecule has 4 heteroatoms. The van der Waals surface area contributed by atoms with E-state index in [-0.39, 0.29) is 17.8 Å². The first-order valence-corrected chi connectivity index (χ1v) is 5.59. The average Bonchev–Trinajstić information content (AvgIpc) is 2.44. The normalized spacial score (nSPS) is 15.0. The zero-order valence-corrected chi connectivity index (χ0v) is 10.1. The molecular weight excluding hydrogens is 261 g/mol. The van der Waals surface area contributed by atoms with Gasteiger partial charge in [-0.1, -0.05) is 15.9 Å². The van der Waals surface area contributed by atoms with E-state index in [1.165, 1.54) is 6.07 Å². The Kier molecular flexibility index (Phi) is 2.54. The molecule has 0 spiro atoms. The van der Waals surface area contributed by atoms with E-state index in [1.807, 2.05) is 13.8 Å². The first-order chi connectivity index (χ1) is 7.00. The van der Waals surface area contributed by atoms with Gasteiger partial charge in [-0.05, 0) is 26.0 Å². The van der Waals surface area contributed by atoms with Crippen molar-refractivity contribution in [3.8, 4) is 0 Å². The van der Waals surface area contributed by atoms with Crippen LogP contribution in [0.15, 0.2) is 16.6 Å². The van der Waals surface area contributed by atoms with Gasteiger partial charge in [-0.25, -0.2) is 4.39 Å². The molecule has 0 atom stereocenters. The zero-order chi connectivity index (χ0) is 11.2. The lowest BCUT2D eigenvalue weighted by Crippen LogP contribution is -2.30. The van der Waals surface area contributed by atoms with Crippen LogP contribution in [0.25, 0.3) is 0 Å². The van der Waals surface area contributed by atoms with E-state index in [1.54, 1.807) is 11.0 Å². The maximum Gasteiger partial charge on any atom is 0.254 e. The Morgan fingerprint density at radius 3 is 2.73 bits per heavy atom. The molecule has 2 rings (SSSR count). The summed E-state index contributed by atoms with van der Waals surface area (Å²) in [7, 11) is 0. The molecule has 1 heterocycles. The number of rotatable bonds is 1. The summed E-state index contributed by atoms with van der Waals surface area (Å²) in [6.45, 7) is 4.23. The topological polar surface area (TPSA) is 20.3 Å². The van der Waals surface area contributed by atoms with Gasteiger partial charge in [0, 0.05) is 28.2 Å². The number of nitrogens with zero attached hydrogens (tertiary/aromatic N) is 1. The third-order valence-corrected chi connectivity index (χ3v) is 3.06. The van der Waals surface area contributed by atoms with Crippen LogP contribution in [0.3, 0.4) is 0 Å². The number of hydrogen-bond donors (Lipinski definition) is 0. The van der Waals surface area contributed by atoms with Crippen LogP contribution in [-0.2, 0) is 6.54 Å². The highest BCUT2D eigenvalue weighted by Crippen LogP contribution is 2.29. The van der Waals surface area contributed by atoms with Gasteiger partial charge in [0.2, 0.25) is 0 Å². The van der Waals surface area contributed by atoms with Gasteiger partial charge in [0.1, 0.15) is 5.82 Å². The summed E-state index contributed by atoms with van der Waals surface area (Å²) < 4.78 is 14.2. The molecule has 0 fully saturated rings. The van der Waals surface area contributed by atoms with Gasteiger partial charge in [-0.2, -0.15) is 0 Å². The molecule has 1 aliphatic heterocycles. The number of benzene rings is 1. The number of amides is 1. The van der Waals surface area contributed by atoms with Crippen LogP contribution < -0.4 is 0 Å². The molecular formula is C11H11BrFNO. The fourth-order valence-corrected chi connectivity index (χ4v) is 2.20. The van der Waals surface area contributed by atoms with Gasteiger partial charge in [-0.3, -0.25) is 4.79 Å². The highest BCUT2D eigenvalue weighted by molar-refractivity contribution is 9.10. The molecule has 0 aromatic heterocycles. The fourth-order valence-electron chi connectivity index (χ4n) is 1.77. The van der Waals surface area contributed by atoms with Gasteiger partial charge >= 0.3 is 0 Å². The summed E-state index contributed by atoms with van der Waals surface area (Å²) in [5.74, 6) is -0.393. The van der Waals surface area contributed by atoms with E-state index in [2.05, 4.69) is 15.9 Å². The molecule has 1 aromatic carbocycles. The Labute approximate surface area is 96.2 Å². The Morgan fingerprint density at radius 2 is 2.13 bits per heavy atom. The number of hydrogen-bond acceptors (Lipinski definition) is 1. The van der Waals surface area contributed by atoms with Crippen molar-refractivity contribution in [1.82, 2.24) is 4.90 Å². The predicted octanol–water partition coefficient (Wildman–Crippen LogP) is 2.95. The monoisotopic (exact) mass is 271 g/mol. The second-order valence-electron chi connectivity index (χ2n) is 3.94. The van der Waals surface area contributed by atoms with Gasteiger partial charge in [0.05, 0.1) is 0 Å². The highest BCUT2D eigenvalue weighted by atomic mass is 79.9. The quantitative estimate of drug-likeness (QED) is 0.769. The van der Waals surface area contributed by atoms with Crippen molar-refractivity contribution in [1.29, 1.82) is 0 Å². The minimum atomic E-state index is -0.309. The van der Waals surface area contributed by atoms with Gasteiger partial charge in [-0.15, -0.1) is 0 Å². The van der Waals surface area contributed by atoms with Crippen molar-refractivity contribution in [3.05, 3.63) is 33.5 Å². The minimum absolute atomic E-state index is 0.0831. The zero-order valence-electron chi connectivity index (χ0n) is 8.55. The van der Waals surface area contributed by atoms with Gasteiger partial charge in [0.15, 0.2) is 0 Å². The summed E-state index contributed by atoms with van der Waals surface area (Å²) in [6.07, 6.45) is 0. The van der Waals surface area contributed by atoms with Crippen LogP contribution in [0.4, 0.5) is 4.39 Å². The molecule has 2 nitrogen and oxygen atoms in total. The highest BCUT2D eigenvalue weighted by Gasteiger charge is 2.31. The van der Waals surface area contributed by atoms with Crippen molar-refractivity contribution in [2.45, 2.75) is 26.4 Å². The predicted molar refractivity (Wildman–Crippen MR) is 59.1 cm³/mol. The van der Waals surface area contributed by atoms with Gasteiger partial charge in [0.25, 0.3) is 5.91 Å². The minimum Gasteiger partial charge on any atom is -0.332 e. The molecule has 1 amide bonds. The SMILES string of the molecule is CC(C)N1Cc2c(F)cc(Br)cc2C1=O. The van der Waals surface area contributed by atoms with Crippen molar-refractivity contribution < 1.29 is 9.18 Å². The van der Waals surface area contributed by atoms with Crippen LogP contribution in [0, 0.1) is 5.82 Å². The molecule has 1 aromatic rings. The third-order valence-electron chi connectivity index (χ3n) is 2.60. The molecule has 0 aliphatic carbocycles. The Hall–Kier alpha value is -0.900. The lowest BCUT2D eigenvalue weighted by molar-refractivity contribution is 0.0730. The fraction of sp³-hybridized carbons (Fsp3) is 0.364. The molecule has 0 radical (unpaired) electrons. The molecule has 1 aliphatic rings. The number of fused-ring (bicyclic) bond motifs is 1. The van der Waals surface area contributed by atoms with Crippen molar-refractivity contribution in [2.75, 3.05) is 0 Å². The summed E-state index contributed by atoms with van der Waals surface area (Å²) in [5, 5.41) is 0. The summed E-state index contributed by atoms with van der Waals surface area (Å²) >= 11 is 3.19. The van der Waals surface area contributed by atoms with E-state index in [0.717, 1.165) is 0 Å². The Morgan fingerprint density at radius 1 is 1.47 bits per heavy atom. The maximum absolute atomic E-state index is 13.6. The molecule has 0 bridgehead atoms. The van der Waals surface area contributed by atoms with Crippen molar-refractivity contribution in [3.63, 3.8) is 0 Å². The van der Waals surface area contributed by atoms with Crippen molar-refractivity contribution >= 4 is 21.8 Å². The summed E-state index contributed by atoms with van der Waals surface area (Å²) in [5.41, 5.74) is 0.993. The van der Waals surface area contributed by atoms with Crippen LogP contribution in [0.5, 0.6) is 0 Å². The van der Waals surface area contributed by atoms with E-state index >= 15 is 0 Å². The molecule has 15 heavy (non-hydrogen) atoms. The standard InChI is InChI=1S/C11H11BrFNO/c1-6(2)14-5-9-8(11(14)15)3-7(12)4-10(9)13/h3-4,6H,5H2,1-2H3. The largest absolute Gasteiger partial charge is 0.332 e. The first kappa shape index (κ1) is 10.6. The first-order valence-electron chi connectivity index (χ1n) is 4.79. The lowest BCUT2D eigenvalue weighted by Gasteiger charge is -2.19. The average molecular weight is 272 g/mol. The van der Waals surface area contributed by atoms with Crippen molar-refractivity contribution in [2.24, 2.45) is 0 Å². The van der Waals surface area contributed by atoms with Crippen LogP contribution in [-0.4, -0.2) is 16.8 Å².